The minimum Gasteiger partial charge on any atom is -0.496 e. The van der Waals surface area contributed by atoms with Gasteiger partial charge < -0.3 is 14.8 Å². The first-order valence-electron chi connectivity index (χ1n) is 8.18. The van der Waals surface area contributed by atoms with Crippen LogP contribution in [0.25, 0.3) is 0 Å². The molecular weight excluding hydrogens is 321 g/mol. The van der Waals surface area contributed by atoms with E-state index in [2.05, 4.69) is 28.8 Å². The molecule has 1 saturated heterocycles. The molecule has 0 aromatic heterocycles. The van der Waals surface area contributed by atoms with Gasteiger partial charge in [0.2, 0.25) is 0 Å². The van der Waals surface area contributed by atoms with Gasteiger partial charge in [0, 0.05) is 37.8 Å². The Hall–Kier alpha value is -1.47. The lowest BCUT2D eigenvalue weighted by atomic mass is 9.94. The monoisotopic (exact) mass is 346 g/mol. The van der Waals surface area contributed by atoms with Crippen molar-refractivity contribution in [2.24, 2.45) is 5.92 Å². The summed E-state index contributed by atoms with van der Waals surface area (Å²) in [5, 5.41) is 3.30. The standard InChI is InChI=1S/C17H25F3N2O2/c1-12(2)10-15(22-8-6-21-7-9-22)14-11-13(24-17(18,19)20)4-5-16(14)23-3/h4-5,11-12,15,21H,6-10H2,1-3H3/t15-/m1/s1. The van der Waals surface area contributed by atoms with Gasteiger partial charge in [0.1, 0.15) is 11.5 Å². The molecule has 0 spiro atoms. The Labute approximate surface area is 140 Å². The molecule has 1 fully saturated rings. The van der Waals surface area contributed by atoms with Gasteiger partial charge in [-0.05, 0) is 30.5 Å². The van der Waals surface area contributed by atoms with Crippen molar-refractivity contribution in [1.29, 1.82) is 0 Å². The lowest BCUT2D eigenvalue weighted by Crippen LogP contribution is -2.45. The molecule has 0 radical (unpaired) electrons. The first-order chi connectivity index (χ1) is 11.3. The smallest absolute Gasteiger partial charge is 0.496 e. The highest BCUT2D eigenvalue weighted by atomic mass is 19.4. The second-order valence-electron chi connectivity index (χ2n) is 6.38. The van der Waals surface area contributed by atoms with E-state index in [1.54, 1.807) is 6.07 Å². The summed E-state index contributed by atoms with van der Waals surface area (Å²) in [6, 6.07) is 4.30. The molecular formula is C17H25F3N2O2. The van der Waals surface area contributed by atoms with Crippen molar-refractivity contribution in [3.05, 3.63) is 23.8 Å². The number of rotatable bonds is 6. The fourth-order valence-corrected chi connectivity index (χ4v) is 3.08. The molecule has 0 bridgehead atoms. The van der Waals surface area contributed by atoms with E-state index >= 15 is 0 Å². The number of ether oxygens (including phenoxy) is 2. The molecule has 24 heavy (non-hydrogen) atoms. The van der Waals surface area contributed by atoms with Crippen LogP contribution in [0.4, 0.5) is 13.2 Å². The van der Waals surface area contributed by atoms with Gasteiger partial charge in [-0.15, -0.1) is 13.2 Å². The van der Waals surface area contributed by atoms with Crippen LogP contribution in [0, 0.1) is 5.92 Å². The number of halogens is 3. The van der Waals surface area contributed by atoms with Crippen molar-refractivity contribution in [3.63, 3.8) is 0 Å². The van der Waals surface area contributed by atoms with Gasteiger partial charge in [-0.1, -0.05) is 13.8 Å². The fraction of sp³-hybridized carbons (Fsp3) is 0.647. The first kappa shape index (κ1) is 18.9. The summed E-state index contributed by atoms with van der Waals surface area (Å²) in [6.45, 7) is 7.66. The van der Waals surface area contributed by atoms with Gasteiger partial charge >= 0.3 is 6.36 Å². The minimum absolute atomic E-state index is 0.00108. The summed E-state index contributed by atoms with van der Waals surface area (Å²) in [6.07, 6.45) is -3.86. The Kier molecular flexibility index (Phi) is 6.34. The minimum atomic E-state index is -4.70. The second-order valence-corrected chi connectivity index (χ2v) is 6.38. The molecule has 4 nitrogen and oxygen atoms in total. The molecule has 2 rings (SSSR count). The van der Waals surface area contributed by atoms with Crippen LogP contribution in [-0.4, -0.2) is 44.6 Å². The van der Waals surface area contributed by atoms with E-state index in [4.69, 9.17) is 4.74 Å². The number of nitrogens with zero attached hydrogens (tertiary/aromatic N) is 1. The second kappa shape index (κ2) is 8.07. The van der Waals surface area contributed by atoms with E-state index in [0.717, 1.165) is 38.2 Å². The average molecular weight is 346 g/mol. The summed E-state index contributed by atoms with van der Waals surface area (Å²) in [7, 11) is 1.54. The van der Waals surface area contributed by atoms with E-state index in [1.807, 2.05) is 0 Å². The highest BCUT2D eigenvalue weighted by Crippen LogP contribution is 2.37. The number of nitrogens with one attached hydrogen (secondary N) is 1. The van der Waals surface area contributed by atoms with E-state index in [0.29, 0.717) is 11.7 Å². The van der Waals surface area contributed by atoms with E-state index in [1.165, 1.54) is 19.2 Å². The van der Waals surface area contributed by atoms with Gasteiger partial charge in [0.05, 0.1) is 7.11 Å². The van der Waals surface area contributed by atoms with Crippen LogP contribution in [0.15, 0.2) is 18.2 Å². The summed E-state index contributed by atoms with van der Waals surface area (Å²) in [5.74, 6) is 0.790. The summed E-state index contributed by atoms with van der Waals surface area (Å²) < 4.78 is 47.2. The van der Waals surface area contributed by atoms with Gasteiger partial charge in [-0.25, -0.2) is 0 Å². The first-order valence-corrected chi connectivity index (χ1v) is 8.18. The molecule has 0 saturated carbocycles. The van der Waals surface area contributed by atoms with Crippen LogP contribution >= 0.6 is 0 Å². The highest BCUT2D eigenvalue weighted by Gasteiger charge is 2.32. The maximum atomic E-state index is 12.5. The van der Waals surface area contributed by atoms with Gasteiger partial charge in [-0.3, -0.25) is 4.90 Å². The molecule has 1 atom stereocenters. The zero-order valence-electron chi connectivity index (χ0n) is 14.3. The highest BCUT2D eigenvalue weighted by molar-refractivity contribution is 5.42. The quantitative estimate of drug-likeness (QED) is 0.854. The summed E-state index contributed by atoms with van der Waals surface area (Å²) in [5.41, 5.74) is 0.745. The Morgan fingerprint density at radius 1 is 1.21 bits per heavy atom. The van der Waals surface area contributed by atoms with Crippen LogP contribution < -0.4 is 14.8 Å². The van der Waals surface area contributed by atoms with E-state index < -0.39 is 6.36 Å². The maximum absolute atomic E-state index is 12.5. The molecule has 0 unspecified atom stereocenters. The normalized spacial score (nSPS) is 17.8. The van der Waals surface area contributed by atoms with Crippen LogP contribution in [0.2, 0.25) is 0 Å². The predicted octanol–water partition coefficient (Wildman–Crippen LogP) is 3.59. The molecule has 136 valence electrons. The fourth-order valence-electron chi connectivity index (χ4n) is 3.08. The van der Waals surface area contributed by atoms with E-state index in [9.17, 15) is 13.2 Å². The lowest BCUT2D eigenvalue weighted by molar-refractivity contribution is -0.274. The number of piperazine rings is 1. The topological polar surface area (TPSA) is 33.7 Å². The van der Waals surface area contributed by atoms with Crippen molar-refractivity contribution < 1.29 is 22.6 Å². The molecule has 1 aliphatic rings. The van der Waals surface area contributed by atoms with Gasteiger partial charge in [-0.2, -0.15) is 0 Å². The van der Waals surface area contributed by atoms with Crippen LogP contribution in [0.3, 0.4) is 0 Å². The number of hydrogen-bond acceptors (Lipinski definition) is 4. The Bertz CT molecular complexity index is 529. The summed E-state index contributed by atoms with van der Waals surface area (Å²) >= 11 is 0. The molecule has 1 aromatic rings. The molecule has 1 N–H and O–H groups in total. The van der Waals surface area contributed by atoms with Crippen molar-refractivity contribution >= 4 is 0 Å². The molecule has 1 heterocycles. The molecule has 1 aliphatic heterocycles. The number of benzene rings is 1. The van der Waals surface area contributed by atoms with Crippen LogP contribution in [0.5, 0.6) is 11.5 Å². The van der Waals surface area contributed by atoms with E-state index in [-0.39, 0.29) is 11.8 Å². The van der Waals surface area contributed by atoms with Crippen molar-refractivity contribution in [1.82, 2.24) is 10.2 Å². The van der Waals surface area contributed by atoms with Crippen LogP contribution in [-0.2, 0) is 0 Å². The SMILES string of the molecule is COc1ccc(OC(F)(F)F)cc1[C@@H](CC(C)C)N1CCNCC1. The largest absolute Gasteiger partial charge is 0.573 e. The number of alkyl halides is 3. The number of methoxy groups -OCH3 is 1. The van der Waals surface area contributed by atoms with Gasteiger partial charge in [0.15, 0.2) is 0 Å². The lowest BCUT2D eigenvalue weighted by Gasteiger charge is -2.36. The average Bonchev–Trinajstić information content (AvgIpc) is 2.52. The third kappa shape index (κ3) is 5.27. The Morgan fingerprint density at radius 2 is 1.88 bits per heavy atom. The third-order valence-electron chi connectivity index (χ3n) is 4.08. The van der Waals surface area contributed by atoms with Crippen LogP contribution in [0.1, 0.15) is 31.9 Å². The van der Waals surface area contributed by atoms with Crippen molar-refractivity contribution in [3.8, 4) is 11.5 Å². The van der Waals surface area contributed by atoms with Crippen molar-refractivity contribution in [2.75, 3.05) is 33.3 Å². The number of hydrogen-bond donors (Lipinski definition) is 1. The zero-order chi connectivity index (χ0) is 17.7. The molecule has 1 aromatic carbocycles. The third-order valence-corrected chi connectivity index (χ3v) is 4.08. The zero-order valence-corrected chi connectivity index (χ0v) is 14.3. The molecule has 7 heteroatoms. The van der Waals surface area contributed by atoms with Gasteiger partial charge in [0.25, 0.3) is 0 Å². The summed E-state index contributed by atoms with van der Waals surface area (Å²) in [4.78, 5) is 2.30. The van der Waals surface area contributed by atoms with Crippen molar-refractivity contribution in [2.45, 2.75) is 32.7 Å². The predicted molar refractivity (Wildman–Crippen MR) is 86.3 cm³/mol. The Morgan fingerprint density at radius 3 is 2.42 bits per heavy atom. The maximum Gasteiger partial charge on any atom is 0.573 e. The Balaban J connectivity index is 2.36. The molecule has 0 aliphatic carbocycles. The molecule has 0 amide bonds.